The van der Waals surface area contributed by atoms with Crippen LogP contribution in [0.5, 0.6) is 0 Å². The van der Waals surface area contributed by atoms with Gasteiger partial charge in [-0.15, -0.1) is 0 Å². The Kier molecular flexibility index (Phi) is 2.59. The van der Waals surface area contributed by atoms with Crippen LogP contribution in [0.15, 0.2) is 24.3 Å². The molecule has 1 nitrogen and oxygen atoms in total. The van der Waals surface area contributed by atoms with Crippen molar-refractivity contribution in [2.24, 2.45) is 0 Å². The van der Waals surface area contributed by atoms with E-state index in [0.717, 1.165) is 31.1 Å². The summed E-state index contributed by atoms with van der Waals surface area (Å²) in [5, 5.41) is 0. The predicted molar refractivity (Wildman–Crippen MR) is 57.9 cm³/mol. The Bertz CT molecular complexity index is 367. The molecule has 1 atom stereocenters. The van der Waals surface area contributed by atoms with Crippen molar-refractivity contribution in [1.29, 1.82) is 0 Å². The van der Waals surface area contributed by atoms with Gasteiger partial charge in [0.2, 0.25) is 0 Å². The molecule has 1 aliphatic carbocycles. The van der Waals surface area contributed by atoms with Gasteiger partial charge in [-0.25, -0.2) is 4.39 Å². The highest BCUT2D eigenvalue weighted by Crippen LogP contribution is 2.48. The van der Waals surface area contributed by atoms with Crippen molar-refractivity contribution in [2.75, 3.05) is 0 Å². The average molecular weight is 206 g/mol. The SMILES string of the molecule is CC(F)C1(c2ccccc2C=O)CCC1. The van der Waals surface area contributed by atoms with Gasteiger partial charge in [-0.2, -0.15) is 0 Å². The Morgan fingerprint density at radius 2 is 2.07 bits per heavy atom. The molecule has 80 valence electrons. The van der Waals surface area contributed by atoms with E-state index in [1.165, 1.54) is 0 Å². The molecular weight excluding hydrogens is 191 g/mol. The third-order valence-corrected chi connectivity index (χ3v) is 3.63. The second-order valence-corrected chi connectivity index (χ2v) is 4.33. The number of halogens is 1. The van der Waals surface area contributed by atoms with E-state index in [0.29, 0.717) is 5.56 Å². The fourth-order valence-corrected chi connectivity index (χ4v) is 2.49. The monoisotopic (exact) mass is 206 g/mol. The van der Waals surface area contributed by atoms with Crippen molar-refractivity contribution in [3.63, 3.8) is 0 Å². The summed E-state index contributed by atoms with van der Waals surface area (Å²) in [5.74, 6) is 0. The summed E-state index contributed by atoms with van der Waals surface area (Å²) in [6.07, 6.45) is 2.72. The van der Waals surface area contributed by atoms with Gasteiger partial charge in [-0.1, -0.05) is 30.7 Å². The Labute approximate surface area is 89.3 Å². The van der Waals surface area contributed by atoms with Gasteiger partial charge >= 0.3 is 0 Å². The zero-order valence-corrected chi connectivity index (χ0v) is 8.87. The van der Waals surface area contributed by atoms with E-state index >= 15 is 0 Å². The number of alkyl halides is 1. The standard InChI is InChI=1S/C13H15FO/c1-10(14)13(7-4-8-13)12-6-3-2-5-11(12)9-15/h2-3,5-6,9-10H,4,7-8H2,1H3. The number of aldehydes is 1. The van der Waals surface area contributed by atoms with Crippen LogP contribution in [0.2, 0.25) is 0 Å². The minimum Gasteiger partial charge on any atom is -0.298 e. The van der Waals surface area contributed by atoms with Crippen LogP contribution in [-0.4, -0.2) is 12.5 Å². The topological polar surface area (TPSA) is 17.1 Å². The first kappa shape index (κ1) is 10.3. The lowest BCUT2D eigenvalue weighted by atomic mass is 9.61. The molecule has 0 saturated heterocycles. The third-order valence-electron chi connectivity index (χ3n) is 3.63. The highest BCUT2D eigenvalue weighted by Gasteiger charge is 2.44. The zero-order chi connectivity index (χ0) is 10.9. The summed E-state index contributed by atoms with van der Waals surface area (Å²) in [5.41, 5.74) is 1.14. The largest absolute Gasteiger partial charge is 0.298 e. The van der Waals surface area contributed by atoms with Gasteiger partial charge in [-0.3, -0.25) is 4.79 Å². The smallest absolute Gasteiger partial charge is 0.150 e. The molecule has 1 aromatic carbocycles. The Balaban J connectivity index is 2.47. The second kappa shape index (κ2) is 3.76. The number of carbonyl (C=O) groups is 1. The van der Waals surface area contributed by atoms with E-state index in [1.54, 1.807) is 13.0 Å². The average Bonchev–Trinajstić information content (AvgIpc) is 2.16. The minimum absolute atomic E-state index is 0.391. The van der Waals surface area contributed by atoms with Crippen molar-refractivity contribution in [2.45, 2.75) is 37.8 Å². The quantitative estimate of drug-likeness (QED) is 0.693. The number of benzene rings is 1. The Morgan fingerprint density at radius 1 is 1.40 bits per heavy atom. The lowest BCUT2D eigenvalue weighted by molar-refractivity contribution is 0.106. The lowest BCUT2D eigenvalue weighted by Crippen LogP contribution is -2.42. The van der Waals surface area contributed by atoms with Crippen molar-refractivity contribution in [1.82, 2.24) is 0 Å². The first-order chi connectivity index (χ1) is 7.20. The van der Waals surface area contributed by atoms with Gasteiger partial charge in [0.1, 0.15) is 12.5 Å². The number of hydrogen-bond donors (Lipinski definition) is 0. The number of carbonyl (C=O) groups excluding carboxylic acids is 1. The van der Waals surface area contributed by atoms with Crippen LogP contribution in [-0.2, 0) is 5.41 Å². The first-order valence-electron chi connectivity index (χ1n) is 5.39. The van der Waals surface area contributed by atoms with Gasteiger partial charge in [0.15, 0.2) is 0 Å². The summed E-state index contributed by atoms with van der Waals surface area (Å²) < 4.78 is 13.7. The van der Waals surface area contributed by atoms with Gasteiger partial charge in [-0.05, 0) is 25.3 Å². The van der Waals surface area contributed by atoms with Crippen molar-refractivity contribution < 1.29 is 9.18 Å². The van der Waals surface area contributed by atoms with Crippen molar-refractivity contribution in [3.8, 4) is 0 Å². The molecule has 1 aliphatic rings. The summed E-state index contributed by atoms with van der Waals surface area (Å²) in [6, 6.07) is 7.36. The fraction of sp³-hybridized carbons (Fsp3) is 0.462. The first-order valence-corrected chi connectivity index (χ1v) is 5.39. The zero-order valence-electron chi connectivity index (χ0n) is 8.87. The fourth-order valence-electron chi connectivity index (χ4n) is 2.49. The number of hydrogen-bond acceptors (Lipinski definition) is 1. The van der Waals surface area contributed by atoms with E-state index in [-0.39, 0.29) is 0 Å². The molecule has 0 radical (unpaired) electrons. The molecule has 0 aliphatic heterocycles. The molecule has 0 bridgehead atoms. The molecule has 0 heterocycles. The van der Waals surface area contributed by atoms with E-state index in [2.05, 4.69) is 0 Å². The Morgan fingerprint density at radius 3 is 2.53 bits per heavy atom. The highest BCUT2D eigenvalue weighted by atomic mass is 19.1. The van der Waals surface area contributed by atoms with Crippen LogP contribution < -0.4 is 0 Å². The van der Waals surface area contributed by atoms with Crippen LogP contribution in [0.4, 0.5) is 4.39 Å². The molecule has 2 rings (SSSR count). The summed E-state index contributed by atoms with van der Waals surface area (Å²) in [4.78, 5) is 10.9. The summed E-state index contributed by atoms with van der Waals surface area (Å²) in [6.45, 7) is 1.60. The minimum atomic E-state index is -0.882. The van der Waals surface area contributed by atoms with Crippen LogP contribution in [0, 0.1) is 0 Å². The number of rotatable bonds is 3. The lowest BCUT2D eigenvalue weighted by Gasteiger charge is -2.44. The van der Waals surface area contributed by atoms with E-state index in [4.69, 9.17) is 0 Å². The van der Waals surface area contributed by atoms with Crippen molar-refractivity contribution >= 4 is 6.29 Å². The van der Waals surface area contributed by atoms with Gasteiger partial charge in [0.05, 0.1) is 0 Å². The van der Waals surface area contributed by atoms with E-state index in [1.807, 2.05) is 18.2 Å². The maximum Gasteiger partial charge on any atom is 0.150 e. The molecule has 1 aromatic rings. The maximum absolute atomic E-state index is 13.7. The van der Waals surface area contributed by atoms with E-state index < -0.39 is 11.6 Å². The van der Waals surface area contributed by atoms with Crippen LogP contribution in [0.25, 0.3) is 0 Å². The predicted octanol–water partition coefficient (Wildman–Crippen LogP) is 3.28. The van der Waals surface area contributed by atoms with Gasteiger partial charge in [0.25, 0.3) is 0 Å². The molecule has 15 heavy (non-hydrogen) atoms. The molecule has 1 fully saturated rings. The second-order valence-electron chi connectivity index (χ2n) is 4.33. The summed E-state index contributed by atoms with van der Waals surface area (Å²) in [7, 11) is 0. The molecule has 0 spiro atoms. The van der Waals surface area contributed by atoms with Crippen molar-refractivity contribution in [3.05, 3.63) is 35.4 Å². The van der Waals surface area contributed by atoms with Crippen LogP contribution >= 0.6 is 0 Å². The molecule has 1 unspecified atom stereocenters. The third kappa shape index (κ3) is 1.48. The molecular formula is C13H15FO. The van der Waals surface area contributed by atoms with Crippen LogP contribution in [0.3, 0.4) is 0 Å². The van der Waals surface area contributed by atoms with E-state index in [9.17, 15) is 9.18 Å². The normalized spacial score (nSPS) is 20.4. The van der Waals surface area contributed by atoms with Crippen LogP contribution in [0.1, 0.15) is 42.1 Å². The van der Waals surface area contributed by atoms with Gasteiger partial charge < -0.3 is 0 Å². The highest BCUT2D eigenvalue weighted by molar-refractivity contribution is 5.78. The maximum atomic E-state index is 13.7. The molecule has 0 amide bonds. The Hall–Kier alpha value is -1.18. The van der Waals surface area contributed by atoms with Gasteiger partial charge in [0, 0.05) is 11.0 Å². The summed E-state index contributed by atoms with van der Waals surface area (Å²) >= 11 is 0. The molecule has 0 N–H and O–H groups in total. The molecule has 1 saturated carbocycles. The molecule has 0 aromatic heterocycles. The molecule has 2 heteroatoms.